The predicted molar refractivity (Wildman–Crippen MR) is 74.1 cm³/mol. The van der Waals surface area contributed by atoms with Gasteiger partial charge in [0.2, 0.25) is 0 Å². The summed E-state index contributed by atoms with van der Waals surface area (Å²) in [6.45, 7) is 0. The van der Waals surface area contributed by atoms with Crippen LogP contribution >= 0.6 is 38.9 Å². The van der Waals surface area contributed by atoms with Gasteiger partial charge < -0.3 is 5.73 Å². The van der Waals surface area contributed by atoms with Crippen molar-refractivity contribution in [2.24, 2.45) is 5.73 Å². The van der Waals surface area contributed by atoms with Crippen LogP contribution in [0.2, 0.25) is 5.02 Å². The topological polar surface area (TPSA) is 26.0 Å². The summed E-state index contributed by atoms with van der Waals surface area (Å²) in [6, 6.07) is 6.19. The summed E-state index contributed by atoms with van der Waals surface area (Å²) < 4.78 is 14.7. The number of nitrogens with two attached hydrogens (primary N) is 1. The maximum atomic E-state index is 13.7. The molecule has 5 heteroatoms. The van der Waals surface area contributed by atoms with Crippen LogP contribution < -0.4 is 5.73 Å². The first-order valence-corrected chi connectivity index (χ1v) is 7.05. The van der Waals surface area contributed by atoms with Crippen LogP contribution in [0, 0.1) is 5.82 Å². The lowest BCUT2D eigenvalue weighted by Crippen LogP contribution is -2.14. The Kier molecular flexibility index (Phi) is 4.20. The van der Waals surface area contributed by atoms with Gasteiger partial charge in [0.1, 0.15) is 5.82 Å². The minimum absolute atomic E-state index is 0.349. The zero-order valence-corrected chi connectivity index (χ0v) is 11.9. The van der Waals surface area contributed by atoms with Crippen LogP contribution in [0.3, 0.4) is 0 Å². The fourth-order valence-electron chi connectivity index (χ4n) is 1.58. The fourth-order valence-corrected chi connectivity index (χ4v) is 3.32. The molecule has 1 unspecified atom stereocenters. The van der Waals surface area contributed by atoms with E-state index < -0.39 is 0 Å². The zero-order valence-electron chi connectivity index (χ0n) is 8.79. The Bertz CT molecular complexity index is 529. The molecule has 1 heterocycles. The molecule has 1 atom stereocenters. The fraction of sp³-hybridized carbons (Fsp3) is 0.167. The average Bonchev–Trinajstić information content (AvgIpc) is 2.64. The van der Waals surface area contributed by atoms with E-state index in [9.17, 15) is 4.39 Å². The van der Waals surface area contributed by atoms with E-state index in [2.05, 4.69) is 15.9 Å². The Morgan fingerprint density at radius 2 is 2.18 bits per heavy atom. The molecule has 0 amide bonds. The van der Waals surface area contributed by atoms with Crippen molar-refractivity contribution in [3.05, 3.63) is 55.4 Å². The van der Waals surface area contributed by atoms with Crippen molar-refractivity contribution in [3.63, 3.8) is 0 Å². The second kappa shape index (κ2) is 5.48. The second-order valence-electron chi connectivity index (χ2n) is 3.67. The highest BCUT2D eigenvalue weighted by molar-refractivity contribution is 9.10. The summed E-state index contributed by atoms with van der Waals surface area (Å²) in [6.07, 6.45) is 0.608. The van der Waals surface area contributed by atoms with Crippen molar-refractivity contribution in [3.8, 4) is 0 Å². The Balaban J connectivity index is 2.20. The number of thiophene rings is 1. The molecule has 0 saturated carbocycles. The van der Waals surface area contributed by atoms with E-state index in [1.807, 2.05) is 11.4 Å². The molecular weight excluding hydrogens is 325 g/mol. The van der Waals surface area contributed by atoms with Gasteiger partial charge in [0.25, 0.3) is 0 Å². The largest absolute Gasteiger partial charge is 0.324 e. The third-order valence-corrected chi connectivity index (χ3v) is 4.64. The molecule has 0 aliphatic rings. The maximum Gasteiger partial charge on any atom is 0.129 e. The average molecular weight is 335 g/mol. The lowest BCUT2D eigenvalue weighted by atomic mass is 10.0. The first kappa shape index (κ1) is 13.0. The van der Waals surface area contributed by atoms with E-state index in [-0.39, 0.29) is 11.9 Å². The quantitative estimate of drug-likeness (QED) is 0.876. The number of hydrogen-bond donors (Lipinski definition) is 1. The highest BCUT2D eigenvalue weighted by atomic mass is 79.9. The zero-order chi connectivity index (χ0) is 12.4. The van der Waals surface area contributed by atoms with Crippen molar-refractivity contribution < 1.29 is 4.39 Å². The minimum atomic E-state index is -0.359. The molecule has 0 fully saturated rings. The predicted octanol–water partition coefficient (Wildman–Crippen LogP) is 4.55. The van der Waals surface area contributed by atoms with Crippen molar-refractivity contribution in [1.29, 1.82) is 0 Å². The first-order valence-electron chi connectivity index (χ1n) is 5.00. The lowest BCUT2D eigenvalue weighted by molar-refractivity contribution is 0.581. The molecule has 0 aliphatic heterocycles. The van der Waals surface area contributed by atoms with E-state index >= 15 is 0 Å². The van der Waals surface area contributed by atoms with Gasteiger partial charge in [-0.1, -0.05) is 17.7 Å². The normalized spacial score (nSPS) is 12.7. The van der Waals surface area contributed by atoms with Crippen LogP contribution in [0.15, 0.2) is 34.1 Å². The molecule has 0 bridgehead atoms. The van der Waals surface area contributed by atoms with Gasteiger partial charge in [-0.25, -0.2) is 4.39 Å². The second-order valence-corrected chi connectivity index (χ2v) is 5.96. The molecule has 2 aromatic rings. The lowest BCUT2D eigenvalue weighted by Gasteiger charge is -2.12. The van der Waals surface area contributed by atoms with Crippen molar-refractivity contribution in [2.45, 2.75) is 12.5 Å². The molecule has 1 nitrogen and oxygen atoms in total. The van der Waals surface area contributed by atoms with Gasteiger partial charge in [0.15, 0.2) is 0 Å². The molecular formula is C12H10BrClFNS. The van der Waals surface area contributed by atoms with Crippen LogP contribution in [0.5, 0.6) is 0 Å². The third kappa shape index (κ3) is 3.07. The Hall–Kier alpha value is -0.420. The summed E-state index contributed by atoms with van der Waals surface area (Å²) in [5, 5.41) is 2.36. The standard InChI is InChI=1S/C12H10BrClFNS/c13-9-3-4-17-12(9)6-11(16)8-2-1-7(14)5-10(8)15/h1-5,11H,6,16H2. The Morgan fingerprint density at radius 3 is 2.76 bits per heavy atom. The summed E-state index contributed by atoms with van der Waals surface area (Å²) in [5.74, 6) is -0.349. The highest BCUT2D eigenvalue weighted by Gasteiger charge is 2.14. The van der Waals surface area contributed by atoms with E-state index in [1.165, 1.54) is 6.07 Å². The van der Waals surface area contributed by atoms with E-state index in [4.69, 9.17) is 17.3 Å². The Morgan fingerprint density at radius 1 is 1.41 bits per heavy atom. The van der Waals surface area contributed by atoms with Gasteiger partial charge in [0, 0.05) is 32.4 Å². The molecule has 0 saturated heterocycles. The van der Waals surface area contributed by atoms with Gasteiger partial charge in [-0.05, 0) is 39.5 Å². The van der Waals surface area contributed by atoms with Crippen LogP contribution in [0.4, 0.5) is 4.39 Å². The van der Waals surface area contributed by atoms with Gasteiger partial charge in [-0.2, -0.15) is 0 Å². The Labute approximate surface area is 117 Å². The molecule has 90 valence electrons. The number of halogens is 3. The van der Waals surface area contributed by atoms with Gasteiger partial charge in [-0.15, -0.1) is 11.3 Å². The van der Waals surface area contributed by atoms with Crippen LogP contribution in [0.1, 0.15) is 16.5 Å². The molecule has 17 heavy (non-hydrogen) atoms. The molecule has 2 rings (SSSR count). The van der Waals surface area contributed by atoms with Crippen LogP contribution in [0.25, 0.3) is 0 Å². The smallest absolute Gasteiger partial charge is 0.129 e. The molecule has 2 N–H and O–H groups in total. The van der Waals surface area contributed by atoms with Gasteiger partial charge in [0.05, 0.1) is 0 Å². The van der Waals surface area contributed by atoms with E-state index in [0.717, 1.165) is 9.35 Å². The summed E-state index contributed by atoms with van der Waals surface area (Å²) in [7, 11) is 0. The summed E-state index contributed by atoms with van der Waals surface area (Å²) in [4.78, 5) is 1.12. The number of rotatable bonds is 3. The highest BCUT2D eigenvalue weighted by Crippen LogP contribution is 2.28. The van der Waals surface area contributed by atoms with Crippen molar-refractivity contribution in [1.82, 2.24) is 0 Å². The molecule has 1 aromatic heterocycles. The third-order valence-electron chi connectivity index (χ3n) is 2.46. The van der Waals surface area contributed by atoms with Crippen LogP contribution in [-0.4, -0.2) is 0 Å². The minimum Gasteiger partial charge on any atom is -0.324 e. The molecule has 0 radical (unpaired) electrons. The molecule has 0 spiro atoms. The van der Waals surface area contributed by atoms with Gasteiger partial charge in [-0.3, -0.25) is 0 Å². The number of benzene rings is 1. The SMILES string of the molecule is NC(Cc1sccc1Br)c1ccc(Cl)cc1F. The van der Waals surface area contributed by atoms with Crippen molar-refractivity contribution >= 4 is 38.9 Å². The van der Waals surface area contributed by atoms with Gasteiger partial charge >= 0.3 is 0 Å². The number of hydrogen-bond acceptors (Lipinski definition) is 2. The van der Waals surface area contributed by atoms with E-state index in [1.54, 1.807) is 23.5 Å². The van der Waals surface area contributed by atoms with E-state index in [0.29, 0.717) is 17.0 Å². The van der Waals surface area contributed by atoms with Crippen molar-refractivity contribution in [2.75, 3.05) is 0 Å². The molecule has 1 aromatic carbocycles. The maximum absolute atomic E-state index is 13.7. The molecule has 0 aliphatic carbocycles. The van der Waals surface area contributed by atoms with Crippen LogP contribution in [-0.2, 0) is 6.42 Å². The summed E-state index contributed by atoms with van der Waals surface area (Å²) in [5.41, 5.74) is 6.50. The monoisotopic (exact) mass is 333 g/mol. The summed E-state index contributed by atoms with van der Waals surface area (Å²) >= 11 is 10.7. The first-order chi connectivity index (χ1) is 8.08.